The van der Waals surface area contributed by atoms with Crippen molar-refractivity contribution in [3.63, 3.8) is 0 Å². The zero-order valence-electron chi connectivity index (χ0n) is 18.3. The molecule has 5 nitrogen and oxygen atoms in total. The summed E-state index contributed by atoms with van der Waals surface area (Å²) >= 11 is 0. The average molecular weight is 406 g/mol. The fraction of sp³-hybridized carbons (Fsp3) is 0.917. The molecule has 0 bridgehead atoms. The van der Waals surface area contributed by atoms with Crippen LogP contribution in [0.5, 0.6) is 0 Å². The van der Waals surface area contributed by atoms with Crippen LogP contribution in [0.1, 0.15) is 78.6 Å². The summed E-state index contributed by atoms with van der Waals surface area (Å²) in [5.41, 5.74) is 0.422. The molecule has 0 aromatic heterocycles. The molecule has 29 heavy (non-hydrogen) atoms. The monoisotopic (exact) mass is 405 g/mol. The molecule has 0 aliphatic heterocycles. The fourth-order valence-corrected chi connectivity index (χ4v) is 8.49. The van der Waals surface area contributed by atoms with E-state index in [1.807, 2.05) is 0 Å². The highest BCUT2D eigenvalue weighted by atomic mass is 16.4. The molecule has 4 rings (SSSR count). The molecule has 4 unspecified atom stereocenters. The van der Waals surface area contributed by atoms with Gasteiger partial charge in [0.15, 0.2) is 0 Å². The number of fused-ring (bicyclic) bond motifs is 5. The summed E-state index contributed by atoms with van der Waals surface area (Å²) in [6, 6.07) is 0. The van der Waals surface area contributed by atoms with Gasteiger partial charge in [-0.3, -0.25) is 4.79 Å². The van der Waals surface area contributed by atoms with E-state index in [1.165, 1.54) is 12.8 Å². The van der Waals surface area contributed by atoms with Crippen LogP contribution >= 0.6 is 0 Å². The summed E-state index contributed by atoms with van der Waals surface area (Å²) in [5, 5.41) is 21.6. The third-order valence-electron chi connectivity index (χ3n) is 10.1. The second-order valence-electron chi connectivity index (χ2n) is 11.3. The van der Waals surface area contributed by atoms with E-state index in [0.29, 0.717) is 48.3 Å². The van der Waals surface area contributed by atoms with Gasteiger partial charge in [-0.1, -0.05) is 20.8 Å². The molecule has 164 valence electrons. The van der Waals surface area contributed by atoms with E-state index in [4.69, 9.17) is 5.11 Å². The molecule has 4 saturated carbocycles. The van der Waals surface area contributed by atoms with E-state index in [0.717, 1.165) is 38.5 Å². The van der Waals surface area contributed by atoms with Crippen LogP contribution in [0.3, 0.4) is 0 Å². The first-order valence-electron chi connectivity index (χ1n) is 11.8. The van der Waals surface area contributed by atoms with E-state index in [9.17, 15) is 14.7 Å². The van der Waals surface area contributed by atoms with Gasteiger partial charge in [0, 0.05) is 18.9 Å². The Balaban J connectivity index is 1.52. The second-order valence-corrected chi connectivity index (χ2v) is 11.3. The van der Waals surface area contributed by atoms with Crippen LogP contribution < -0.4 is 5.32 Å². The molecule has 0 aromatic carbocycles. The Hall–Kier alpha value is -1.10. The lowest BCUT2D eigenvalue weighted by molar-refractivity contribution is -0.160. The van der Waals surface area contributed by atoms with Crippen LogP contribution in [-0.4, -0.2) is 34.7 Å². The summed E-state index contributed by atoms with van der Waals surface area (Å²) in [7, 11) is 0. The highest BCUT2D eigenvalue weighted by Crippen LogP contribution is 2.67. The van der Waals surface area contributed by atoms with Crippen molar-refractivity contribution in [2.45, 2.75) is 84.7 Å². The first kappa shape index (κ1) is 21.1. The zero-order chi connectivity index (χ0) is 21.0. The predicted octanol–water partition coefficient (Wildman–Crippen LogP) is 4.48. The number of aliphatic hydroxyl groups is 1. The molecule has 0 radical (unpaired) electrons. The lowest BCUT2D eigenvalue weighted by atomic mass is 9.44. The van der Waals surface area contributed by atoms with Gasteiger partial charge in [0.05, 0.1) is 6.10 Å². The maximum Gasteiger partial charge on any atom is 0.404 e. The molecule has 4 fully saturated rings. The van der Waals surface area contributed by atoms with E-state index >= 15 is 0 Å². The third kappa shape index (κ3) is 3.41. The van der Waals surface area contributed by atoms with Gasteiger partial charge in [-0.15, -0.1) is 0 Å². The van der Waals surface area contributed by atoms with Crippen molar-refractivity contribution in [1.82, 2.24) is 5.32 Å². The topological polar surface area (TPSA) is 86.6 Å². The highest BCUT2D eigenvalue weighted by Gasteiger charge is 2.62. The second kappa shape index (κ2) is 7.55. The van der Waals surface area contributed by atoms with Crippen molar-refractivity contribution < 1.29 is 19.8 Å². The molecule has 0 aromatic rings. The molecule has 4 aliphatic carbocycles. The number of carbonyl (C=O) groups is 2. The van der Waals surface area contributed by atoms with Crippen molar-refractivity contribution in [1.29, 1.82) is 0 Å². The van der Waals surface area contributed by atoms with E-state index in [-0.39, 0.29) is 22.9 Å². The number of aliphatic hydroxyl groups excluding tert-OH is 1. The minimum Gasteiger partial charge on any atom is -0.465 e. The molecular weight excluding hydrogens is 366 g/mol. The molecular formula is C24H39NO4. The maximum absolute atomic E-state index is 13.4. The number of carbonyl (C=O) groups excluding carboxylic acids is 1. The average Bonchev–Trinajstić information content (AvgIpc) is 3.00. The summed E-state index contributed by atoms with van der Waals surface area (Å²) in [4.78, 5) is 24.2. The lowest BCUT2D eigenvalue weighted by Crippen LogP contribution is -2.57. The number of hydrogen-bond acceptors (Lipinski definition) is 3. The molecule has 3 N–H and O–H groups in total. The van der Waals surface area contributed by atoms with Gasteiger partial charge in [0.1, 0.15) is 5.78 Å². The minimum atomic E-state index is -0.943. The van der Waals surface area contributed by atoms with Crippen LogP contribution in [0.25, 0.3) is 0 Å². The normalized spacial score (nSPS) is 47.7. The molecule has 4 aliphatic rings. The van der Waals surface area contributed by atoms with Gasteiger partial charge in [-0.05, 0) is 91.8 Å². The van der Waals surface area contributed by atoms with Gasteiger partial charge in [0.25, 0.3) is 0 Å². The number of amides is 1. The van der Waals surface area contributed by atoms with Gasteiger partial charge in [-0.25, -0.2) is 4.79 Å². The standard InChI is InChI=1S/C24H39NO4/c1-14(8-11-25-22(28)29)17-4-5-18-21-19(7-10-24(17,18)3)23(2)9-6-16(26)12-15(23)13-20(21)27/h14-19,21,25-26H,4-13H2,1-3H3,(H,28,29)/t14-,15?,16-,17-,18?,19?,21?,23+,24-/m1/s1. The molecule has 0 saturated heterocycles. The van der Waals surface area contributed by atoms with E-state index < -0.39 is 6.09 Å². The molecule has 1 amide bonds. The molecule has 5 heteroatoms. The minimum absolute atomic E-state index is 0.205. The van der Waals surface area contributed by atoms with Crippen LogP contribution in [0.2, 0.25) is 0 Å². The van der Waals surface area contributed by atoms with Crippen molar-refractivity contribution in [2.24, 2.45) is 46.3 Å². The van der Waals surface area contributed by atoms with Gasteiger partial charge in [0.2, 0.25) is 0 Å². The summed E-state index contributed by atoms with van der Waals surface area (Å²) < 4.78 is 0. The number of nitrogens with one attached hydrogen (secondary N) is 1. The lowest BCUT2D eigenvalue weighted by Gasteiger charge is -2.60. The first-order chi connectivity index (χ1) is 13.7. The van der Waals surface area contributed by atoms with E-state index in [2.05, 4.69) is 26.1 Å². The van der Waals surface area contributed by atoms with Crippen LogP contribution in [-0.2, 0) is 4.79 Å². The molecule has 0 heterocycles. The van der Waals surface area contributed by atoms with Crippen LogP contribution in [0.15, 0.2) is 0 Å². The molecule has 9 atom stereocenters. The Kier molecular flexibility index (Phi) is 5.50. The third-order valence-corrected chi connectivity index (χ3v) is 10.1. The van der Waals surface area contributed by atoms with Gasteiger partial charge < -0.3 is 15.5 Å². The van der Waals surface area contributed by atoms with Crippen LogP contribution in [0.4, 0.5) is 4.79 Å². The van der Waals surface area contributed by atoms with Gasteiger partial charge in [-0.2, -0.15) is 0 Å². The van der Waals surface area contributed by atoms with Crippen molar-refractivity contribution in [2.75, 3.05) is 6.54 Å². The van der Waals surface area contributed by atoms with Crippen molar-refractivity contribution in [3.8, 4) is 0 Å². The fourth-order valence-electron chi connectivity index (χ4n) is 8.49. The highest BCUT2D eigenvalue weighted by molar-refractivity contribution is 5.83. The van der Waals surface area contributed by atoms with Crippen LogP contribution in [0, 0.1) is 46.3 Å². The quantitative estimate of drug-likeness (QED) is 0.644. The number of carboxylic acid groups (broad SMARTS) is 1. The number of hydrogen-bond donors (Lipinski definition) is 3. The molecule has 0 spiro atoms. The summed E-state index contributed by atoms with van der Waals surface area (Å²) in [6.45, 7) is 7.64. The smallest absolute Gasteiger partial charge is 0.404 e. The summed E-state index contributed by atoms with van der Waals surface area (Å²) in [5.74, 6) is 3.07. The largest absolute Gasteiger partial charge is 0.465 e. The van der Waals surface area contributed by atoms with E-state index in [1.54, 1.807) is 0 Å². The maximum atomic E-state index is 13.4. The SMILES string of the molecule is C[C@H](CCNC(=O)O)[C@H]1CCC2C3C(=O)CC4C[C@H](O)CC[C@]4(C)C3CC[C@@]21C. The first-order valence-corrected chi connectivity index (χ1v) is 11.8. The Morgan fingerprint density at radius 3 is 2.55 bits per heavy atom. The number of rotatable bonds is 4. The van der Waals surface area contributed by atoms with Crippen molar-refractivity contribution in [3.05, 3.63) is 0 Å². The Bertz CT molecular complexity index is 665. The Morgan fingerprint density at radius 1 is 1.14 bits per heavy atom. The zero-order valence-corrected chi connectivity index (χ0v) is 18.3. The Labute approximate surface area is 175 Å². The Morgan fingerprint density at radius 2 is 1.83 bits per heavy atom. The number of Topliss-reactive ketones (excluding diaryl/α,β-unsaturated/α-hetero) is 1. The van der Waals surface area contributed by atoms with Gasteiger partial charge >= 0.3 is 6.09 Å². The van der Waals surface area contributed by atoms with Crippen molar-refractivity contribution >= 4 is 11.9 Å². The number of ketones is 1. The predicted molar refractivity (Wildman–Crippen MR) is 111 cm³/mol. The summed E-state index contributed by atoms with van der Waals surface area (Å²) in [6.07, 6.45) is 7.80.